The van der Waals surface area contributed by atoms with Gasteiger partial charge in [0.25, 0.3) is 0 Å². The van der Waals surface area contributed by atoms with Crippen LogP contribution in [0.25, 0.3) is 6.08 Å². The van der Waals surface area contributed by atoms with Gasteiger partial charge in [-0.1, -0.05) is 42.5 Å². The first-order valence-corrected chi connectivity index (χ1v) is 7.54. The van der Waals surface area contributed by atoms with Crippen LogP contribution in [-0.4, -0.2) is 17.3 Å². The minimum Gasteiger partial charge on any atom is -0.478 e. The molecule has 0 radical (unpaired) electrons. The molecule has 0 aliphatic rings. The highest BCUT2D eigenvalue weighted by molar-refractivity contribution is 7.98. The van der Waals surface area contributed by atoms with Gasteiger partial charge in [-0.3, -0.25) is 0 Å². The van der Waals surface area contributed by atoms with E-state index in [9.17, 15) is 4.79 Å². The van der Waals surface area contributed by atoms with Crippen molar-refractivity contribution in [1.82, 2.24) is 0 Å². The second-order valence-corrected chi connectivity index (χ2v) is 5.21. The number of benzene rings is 2. The van der Waals surface area contributed by atoms with Crippen LogP contribution in [0.15, 0.2) is 59.5 Å². The number of carboxylic acids is 1. The van der Waals surface area contributed by atoms with Crippen molar-refractivity contribution in [2.45, 2.75) is 11.3 Å². The number of carboxylic acid groups (broad SMARTS) is 1. The van der Waals surface area contributed by atoms with E-state index in [2.05, 4.69) is 18.4 Å². The van der Waals surface area contributed by atoms with Crippen LogP contribution in [0.4, 0.5) is 0 Å². The minimum atomic E-state index is -0.927. The van der Waals surface area contributed by atoms with E-state index in [1.165, 1.54) is 16.5 Å². The zero-order valence-corrected chi connectivity index (χ0v) is 12.1. The molecule has 0 unspecified atom stereocenters. The summed E-state index contributed by atoms with van der Waals surface area (Å²) in [5.41, 5.74) is 3.34. The first-order chi connectivity index (χ1) is 9.70. The van der Waals surface area contributed by atoms with Crippen molar-refractivity contribution in [1.29, 1.82) is 0 Å². The molecule has 2 aromatic rings. The van der Waals surface area contributed by atoms with Gasteiger partial charge in [0.05, 0.1) is 0 Å². The first kappa shape index (κ1) is 14.4. The van der Waals surface area contributed by atoms with Crippen molar-refractivity contribution in [3.05, 3.63) is 71.3 Å². The second-order valence-electron chi connectivity index (χ2n) is 4.36. The molecule has 0 heterocycles. The molecule has 2 nitrogen and oxygen atoms in total. The molecule has 0 atom stereocenters. The van der Waals surface area contributed by atoms with Crippen molar-refractivity contribution in [2.75, 3.05) is 6.26 Å². The lowest BCUT2D eigenvalue weighted by molar-refractivity contribution is -0.131. The summed E-state index contributed by atoms with van der Waals surface area (Å²) in [6.07, 6.45) is 5.70. The maximum Gasteiger partial charge on any atom is 0.328 e. The monoisotopic (exact) mass is 284 g/mol. The quantitative estimate of drug-likeness (QED) is 0.663. The molecule has 3 heteroatoms. The Morgan fingerprint density at radius 3 is 2.45 bits per heavy atom. The van der Waals surface area contributed by atoms with Crippen LogP contribution >= 0.6 is 11.8 Å². The number of aliphatic carboxylic acids is 1. The maximum absolute atomic E-state index is 10.7. The summed E-state index contributed by atoms with van der Waals surface area (Å²) in [4.78, 5) is 11.9. The summed E-state index contributed by atoms with van der Waals surface area (Å²) < 4.78 is 0. The SMILES string of the molecule is CSc1ccccc1Cc1ccccc1/C=C/C(=O)O. The average molecular weight is 284 g/mol. The minimum absolute atomic E-state index is 0.803. The Labute approximate surface area is 123 Å². The normalized spacial score (nSPS) is 10.8. The Morgan fingerprint density at radius 1 is 1.10 bits per heavy atom. The van der Waals surface area contributed by atoms with Gasteiger partial charge in [-0.25, -0.2) is 4.79 Å². The maximum atomic E-state index is 10.7. The van der Waals surface area contributed by atoms with E-state index < -0.39 is 5.97 Å². The molecule has 0 aromatic heterocycles. The van der Waals surface area contributed by atoms with Gasteiger partial charge >= 0.3 is 5.97 Å². The average Bonchev–Trinajstić information content (AvgIpc) is 2.47. The summed E-state index contributed by atoms with van der Waals surface area (Å²) in [6, 6.07) is 16.2. The van der Waals surface area contributed by atoms with Gasteiger partial charge in [0.15, 0.2) is 0 Å². The zero-order valence-electron chi connectivity index (χ0n) is 11.2. The van der Waals surface area contributed by atoms with Crippen LogP contribution in [0, 0.1) is 0 Å². The molecule has 20 heavy (non-hydrogen) atoms. The van der Waals surface area contributed by atoms with Crippen LogP contribution in [0.1, 0.15) is 16.7 Å². The Hall–Kier alpha value is -2.00. The van der Waals surface area contributed by atoms with E-state index in [4.69, 9.17) is 5.11 Å². The third-order valence-electron chi connectivity index (χ3n) is 3.03. The molecule has 0 fully saturated rings. The predicted molar refractivity (Wildman–Crippen MR) is 84.1 cm³/mol. The lowest BCUT2D eigenvalue weighted by Crippen LogP contribution is -1.94. The number of carbonyl (C=O) groups is 1. The van der Waals surface area contributed by atoms with E-state index in [1.54, 1.807) is 17.8 Å². The first-order valence-electron chi connectivity index (χ1n) is 6.31. The van der Waals surface area contributed by atoms with Crippen LogP contribution in [-0.2, 0) is 11.2 Å². The Kier molecular flexibility index (Phi) is 5.02. The fourth-order valence-corrected chi connectivity index (χ4v) is 2.69. The van der Waals surface area contributed by atoms with E-state index in [1.807, 2.05) is 36.4 Å². The highest BCUT2D eigenvalue weighted by Crippen LogP contribution is 2.24. The topological polar surface area (TPSA) is 37.3 Å². The summed E-state index contributed by atoms with van der Waals surface area (Å²) in [5, 5.41) is 8.75. The number of thioether (sulfide) groups is 1. The van der Waals surface area contributed by atoms with Crippen LogP contribution in [0.2, 0.25) is 0 Å². The van der Waals surface area contributed by atoms with Crippen LogP contribution in [0.5, 0.6) is 0 Å². The smallest absolute Gasteiger partial charge is 0.328 e. The molecule has 0 saturated carbocycles. The van der Waals surface area contributed by atoms with Crippen LogP contribution in [0.3, 0.4) is 0 Å². The third-order valence-corrected chi connectivity index (χ3v) is 3.87. The zero-order chi connectivity index (χ0) is 14.4. The van der Waals surface area contributed by atoms with E-state index in [-0.39, 0.29) is 0 Å². The molecule has 0 saturated heterocycles. The molecule has 1 N–H and O–H groups in total. The molecular formula is C17H16O2S. The molecule has 0 bridgehead atoms. The van der Waals surface area contributed by atoms with Gasteiger partial charge in [0, 0.05) is 11.0 Å². The van der Waals surface area contributed by atoms with E-state index in [0.717, 1.165) is 17.5 Å². The Bertz CT molecular complexity index is 632. The highest BCUT2D eigenvalue weighted by atomic mass is 32.2. The molecular weight excluding hydrogens is 268 g/mol. The van der Waals surface area contributed by atoms with E-state index in [0.29, 0.717) is 0 Å². The van der Waals surface area contributed by atoms with Gasteiger partial charge in [0.2, 0.25) is 0 Å². The van der Waals surface area contributed by atoms with Gasteiger partial charge in [-0.2, -0.15) is 0 Å². The second kappa shape index (κ2) is 6.96. The molecule has 0 spiro atoms. The van der Waals surface area contributed by atoms with Crippen molar-refractivity contribution < 1.29 is 9.90 Å². The molecule has 0 amide bonds. The summed E-state index contributed by atoms with van der Waals surface area (Å²) in [5.74, 6) is -0.927. The summed E-state index contributed by atoms with van der Waals surface area (Å²) >= 11 is 1.73. The van der Waals surface area contributed by atoms with Gasteiger partial charge in [-0.05, 0) is 41.5 Å². The van der Waals surface area contributed by atoms with Crippen molar-refractivity contribution >= 4 is 23.8 Å². The third kappa shape index (κ3) is 3.75. The lowest BCUT2D eigenvalue weighted by Gasteiger charge is -2.09. The summed E-state index contributed by atoms with van der Waals surface area (Å²) in [6.45, 7) is 0. The standard InChI is InChI=1S/C17H16O2S/c1-20-16-9-5-4-8-15(16)12-14-7-3-2-6-13(14)10-11-17(18)19/h2-11H,12H2,1H3,(H,18,19)/b11-10+. The van der Waals surface area contributed by atoms with Gasteiger partial charge in [0.1, 0.15) is 0 Å². The number of rotatable bonds is 5. The molecule has 0 aliphatic heterocycles. The van der Waals surface area contributed by atoms with Gasteiger partial charge < -0.3 is 5.11 Å². The highest BCUT2D eigenvalue weighted by Gasteiger charge is 2.05. The van der Waals surface area contributed by atoms with Crippen molar-refractivity contribution in [3.63, 3.8) is 0 Å². The van der Waals surface area contributed by atoms with Crippen molar-refractivity contribution in [3.8, 4) is 0 Å². The Morgan fingerprint density at radius 2 is 1.75 bits per heavy atom. The molecule has 2 aromatic carbocycles. The van der Waals surface area contributed by atoms with Crippen LogP contribution < -0.4 is 0 Å². The largest absolute Gasteiger partial charge is 0.478 e. The predicted octanol–water partition coefficient (Wildman–Crippen LogP) is 4.10. The lowest BCUT2D eigenvalue weighted by atomic mass is 9.99. The fraction of sp³-hybridized carbons (Fsp3) is 0.118. The number of hydrogen-bond donors (Lipinski definition) is 1. The Balaban J connectivity index is 2.31. The summed E-state index contributed by atoms with van der Waals surface area (Å²) in [7, 11) is 0. The molecule has 102 valence electrons. The van der Waals surface area contributed by atoms with E-state index >= 15 is 0 Å². The molecule has 2 rings (SSSR count). The number of hydrogen-bond acceptors (Lipinski definition) is 2. The fourth-order valence-electron chi connectivity index (χ4n) is 2.07. The van der Waals surface area contributed by atoms with Crippen molar-refractivity contribution in [2.24, 2.45) is 0 Å². The van der Waals surface area contributed by atoms with Gasteiger partial charge in [-0.15, -0.1) is 11.8 Å². The molecule has 0 aliphatic carbocycles.